The lowest BCUT2D eigenvalue weighted by molar-refractivity contribution is -0.128. The summed E-state index contributed by atoms with van der Waals surface area (Å²) in [6.07, 6.45) is 4.62. The first-order valence-electron chi connectivity index (χ1n) is 9.99. The summed E-state index contributed by atoms with van der Waals surface area (Å²) in [5, 5.41) is 7.71. The van der Waals surface area contributed by atoms with Gasteiger partial charge in [0.2, 0.25) is 5.91 Å². The zero-order chi connectivity index (χ0) is 19.8. The summed E-state index contributed by atoms with van der Waals surface area (Å²) in [7, 11) is 0. The van der Waals surface area contributed by atoms with Crippen LogP contribution in [0.25, 0.3) is 0 Å². The number of hydrogen-bond acceptors (Lipinski definition) is 4. The van der Waals surface area contributed by atoms with Gasteiger partial charge in [-0.1, -0.05) is 31.2 Å². The molecule has 0 bridgehead atoms. The van der Waals surface area contributed by atoms with Crippen molar-refractivity contribution >= 4 is 23.2 Å². The van der Waals surface area contributed by atoms with Gasteiger partial charge in [-0.25, -0.2) is 9.98 Å². The molecule has 1 aromatic heterocycles. The van der Waals surface area contributed by atoms with Gasteiger partial charge in [0, 0.05) is 37.1 Å². The van der Waals surface area contributed by atoms with Gasteiger partial charge in [0.15, 0.2) is 5.96 Å². The number of carbonyl (C=O) groups excluding carboxylic acids is 1. The van der Waals surface area contributed by atoms with Crippen LogP contribution in [0.15, 0.2) is 35.5 Å². The quantitative estimate of drug-likeness (QED) is 0.529. The Labute approximate surface area is 171 Å². The van der Waals surface area contributed by atoms with Crippen LogP contribution >= 0.6 is 11.3 Å². The van der Waals surface area contributed by atoms with E-state index in [1.807, 2.05) is 17.2 Å². The molecule has 1 saturated heterocycles. The van der Waals surface area contributed by atoms with Crippen LogP contribution in [-0.4, -0.2) is 34.8 Å². The first-order chi connectivity index (χ1) is 13.7. The van der Waals surface area contributed by atoms with Crippen molar-refractivity contribution in [3.8, 4) is 0 Å². The molecule has 1 aliphatic heterocycles. The summed E-state index contributed by atoms with van der Waals surface area (Å²) in [4.78, 5) is 24.2. The third kappa shape index (κ3) is 5.79. The number of amides is 1. The summed E-state index contributed by atoms with van der Waals surface area (Å²) in [5.74, 6) is 1.05. The lowest BCUT2D eigenvalue weighted by atomic mass is 10.1. The molecule has 0 atom stereocenters. The summed E-state index contributed by atoms with van der Waals surface area (Å²) in [6, 6.07) is 8.35. The molecule has 7 heteroatoms. The maximum atomic E-state index is 11.8. The maximum absolute atomic E-state index is 11.8. The molecule has 0 aliphatic carbocycles. The number of benzene rings is 1. The number of carbonyl (C=O) groups is 1. The lowest BCUT2D eigenvalue weighted by Gasteiger charge is -2.16. The van der Waals surface area contributed by atoms with Gasteiger partial charge < -0.3 is 15.5 Å². The molecule has 2 N–H and O–H groups in total. The second-order valence-electron chi connectivity index (χ2n) is 6.86. The van der Waals surface area contributed by atoms with Crippen molar-refractivity contribution in [2.45, 2.75) is 52.7 Å². The first kappa shape index (κ1) is 20.3. The Morgan fingerprint density at radius 3 is 2.86 bits per heavy atom. The maximum Gasteiger partial charge on any atom is 0.222 e. The Kier molecular flexibility index (Phi) is 7.42. The molecule has 150 valence electrons. The number of guanidine groups is 1. The molecule has 0 radical (unpaired) electrons. The minimum Gasteiger partial charge on any atom is -0.357 e. The van der Waals surface area contributed by atoms with E-state index in [-0.39, 0.29) is 5.91 Å². The summed E-state index contributed by atoms with van der Waals surface area (Å²) in [5.41, 5.74) is 2.31. The monoisotopic (exact) mass is 399 g/mol. The summed E-state index contributed by atoms with van der Waals surface area (Å²) in [6.45, 7) is 7.84. The van der Waals surface area contributed by atoms with Crippen LogP contribution in [0.4, 0.5) is 0 Å². The van der Waals surface area contributed by atoms with E-state index in [9.17, 15) is 4.79 Å². The average Bonchev–Trinajstić information content (AvgIpc) is 3.33. The van der Waals surface area contributed by atoms with E-state index in [1.165, 1.54) is 4.88 Å². The Bertz CT molecular complexity index is 817. The highest BCUT2D eigenvalue weighted by molar-refractivity contribution is 7.11. The lowest BCUT2D eigenvalue weighted by Crippen LogP contribution is -2.36. The van der Waals surface area contributed by atoms with Gasteiger partial charge in [0.1, 0.15) is 5.01 Å². The number of nitrogens with one attached hydrogen (secondary N) is 2. The molecule has 0 saturated carbocycles. The number of thiazole rings is 1. The number of aromatic nitrogens is 1. The molecule has 1 amide bonds. The predicted octanol–water partition coefficient (Wildman–Crippen LogP) is 3.08. The van der Waals surface area contributed by atoms with E-state index < -0.39 is 0 Å². The van der Waals surface area contributed by atoms with Gasteiger partial charge >= 0.3 is 0 Å². The van der Waals surface area contributed by atoms with Crippen LogP contribution < -0.4 is 10.6 Å². The summed E-state index contributed by atoms with van der Waals surface area (Å²) < 4.78 is 0. The van der Waals surface area contributed by atoms with Gasteiger partial charge in [-0.05, 0) is 30.9 Å². The predicted molar refractivity (Wildman–Crippen MR) is 114 cm³/mol. The Hall–Kier alpha value is -2.41. The van der Waals surface area contributed by atoms with Crippen molar-refractivity contribution in [2.75, 3.05) is 13.1 Å². The van der Waals surface area contributed by atoms with E-state index in [2.05, 4.69) is 47.7 Å². The van der Waals surface area contributed by atoms with Crippen LogP contribution in [0.3, 0.4) is 0 Å². The van der Waals surface area contributed by atoms with Gasteiger partial charge in [-0.15, -0.1) is 11.3 Å². The molecular weight excluding hydrogens is 370 g/mol. The normalized spacial score (nSPS) is 14.6. The highest BCUT2D eigenvalue weighted by Gasteiger charge is 2.19. The Morgan fingerprint density at radius 2 is 2.14 bits per heavy atom. The minimum absolute atomic E-state index is 0.260. The highest BCUT2D eigenvalue weighted by Crippen LogP contribution is 2.16. The Balaban J connectivity index is 1.58. The first-order valence-corrected chi connectivity index (χ1v) is 10.8. The minimum atomic E-state index is 0.260. The molecule has 28 heavy (non-hydrogen) atoms. The van der Waals surface area contributed by atoms with E-state index in [4.69, 9.17) is 4.99 Å². The van der Waals surface area contributed by atoms with Crippen LogP contribution in [0, 0.1) is 0 Å². The third-order valence-electron chi connectivity index (χ3n) is 4.66. The zero-order valence-electron chi connectivity index (χ0n) is 16.7. The standard InChI is InChI=1S/C21H29N5OS/c1-3-18-13-23-19(28-18)14-25-21(22-4-2)24-12-16-7-5-8-17(11-16)15-26-10-6-9-20(26)27/h5,7-8,11,13H,3-4,6,9-10,12,14-15H2,1-2H3,(H2,22,24,25). The molecule has 0 spiro atoms. The second-order valence-corrected chi connectivity index (χ2v) is 8.06. The second kappa shape index (κ2) is 10.2. The molecule has 1 aromatic carbocycles. The number of aliphatic imine (C=N–C) groups is 1. The van der Waals surface area contributed by atoms with Crippen LogP contribution in [0.2, 0.25) is 0 Å². The van der Waals surface area contributed by atoms with E-state index in [0.29, 0.717) is 26.1 Å². The van der Waals surface area contributed by atoms with Crippen molar-refractivity contribution in [1.29, 1.82) is 0 Å². The van der Waals surface area contributed by atoms with Crippen molar-refractivity contribution in [1.82, 2.24) is 20.5 Å². The molecule has 1 fully saturated rings. The SMILES string of the molecule is CCNC(=NCc1cccc(CN2CCCC2=O)c1)NCc1ncc(CC)s1. The van der Waals surface area contributed by atoms with Crippen LogP contribution in [0.1, 0.15) is 47.7 Å². The van der Waals surface area contributed by atoms with Gasteiger partial charge in [-0.3, -0.25) is 4.79 Å². The molecular formula is C21H29N5OS. The number of aryl methyl sites for hydroxylation is 1. The molecule has 1 aliphatic rings. The van der Waals surface area contributed by atoms with Crippen molar-refractivity contribution in [3.05, 3.63) is 51.5 Å². The van der Waals surface area contributed by atoms with Crippen LogP contribution in [-0.2, 0) is 30.8 Å². The fourth-order valence-corrected chi connectivity index (χ4v) is 3.98. The number of rotatable bonds is 8. The molecule has 3 rings (SSSR count). The zero-order valence-corrected chi connectivity index (χ0v) is 17.5. The summed E-state index contributed by atoms with van der Waals surface area (Å²) >= 11 is 1.74. The fraction of sp³-hybridized carbons (Fsp3) is 0.476. The molecule has 2 heterocycles. The average molecular weight is 400 g/mol. The highest BCUT2D eigenvalue weighted by atomic mass is 32.1. The van der Waals surface area contributed by atoms with Crippen LogP contribution in [0.5, 0.6) is 0 Å². The largest absolute Gasteiger partial charge is 0.357 e. The van der Waals surface area contributed by atoms with Crippen molar-refractivity contribution in [3.63, 3.8) is 0 Å². The smallest absolute Gasteiger partial charge is 0.222 e. The van der Waals surface area contributed by atoms with Gasteiger partial charge in [-0.2, -0.15) is 0 Å². The molecule has 6 nitrogen and oxygen atoms in total. The van der Waals surface area contributed by atoms with E-state index >= 15 is 0 Å². The Morgan fingerprint density at radius 1 is 1.29 bits per heavy atom. The van der Waals surface area contributed by atoms with E-state index in [1.54, 1.807) is 11.3 Å². The van der Waals surface area contributed by atoms with Gasteiger partial charge in [0.05, 0.1) is 13.1 Å². The number of likely N-dealkylation sites (tertiary alicyclic amines) is 1. The third-order valence-corrected chi connectivity index (χ3v) is 5.80. The van der Waals surface area contributed by atoms with Gasteiger partial charge in [0.25, 0.3) is 0 Å². The molecule has 2 aromatic rings. The fourth-order valence-electron chi connectivity index (χ4n) is 3.18. The number of nitrogens with zero attached hydrogens (tertiary/aromatic N) is 3. The van der Waals surface area contributed by atoms with Crippen molar-refractivity contribution < 1.29 is 4.79 Å². The molecule has 0 unspecified atom stereocenters. The van der Waals surface area contributed by atoms with E-state index in [0.717, 1.165) is 48.0 Å². The topological polar surface area (TPSA) is 69.6 Å². The number of hydrogen-bond donors (Lipinski definition) is 2. The van der Waals surface area contributed by atoms with Crippen molar-refractivity contribution in [2.24, 2.45) is 4.99 Å².